The van der Waals surface area contributed by atoms with Crippen LogP contribution in [0.5, 0.6) is 5.75 Å². The molecule has 27 heavy (non-hydrogen) atoms. The zero-order valence-electron chi connectivity index (χ0n) is 15.5. The van der Waals surface area contributed by atoms with Crippen LogP contribution in [0.2, 0.25) is 0 Å². The maximum absolute atomic E-state index is 12.4. The molecule has 0 N–H and O–H groups in total. The van der Waals surface area contributed by atoms with Gasteiger partial charge in [0.2, 0.25) is 0 Å². The number of fused-ring (bicyclic) bond motifs is 1. The molecule has 0 atom stereocenters. The number of hydrogen-bond acceptors (Lipinski definition) is 4. The van der Waals surface area contributed by atoms with E-state index < -0.39 is 0 Å². The molecule has 1 aliphatic heterocycles. The van der Waals surface area contributed by atoms with Gasteiger partial charge in [0.25, 0.3) is 0 Å². The monoisotopic (exact) mass is 427 g/mol. The van der Waals surface area contributed by atoms with Crippen LogP contribution in [-0.4, -0.2) is 29.8 Å². The number of aryl methyl sites for hydroxylation is 1. The Balaban J connectivity index is 1.59. The van der Waals surface area contributed by atoms with Gasteiger partial charge in [-0.05, 0) is 54.7 Å². The Morgan fingerprint density at radius 3 is 2.48 bits per heavy atom. The summed E-state index contributed by atoms with van der Waals surface area (Å²) in [5.41, 5.74) is 2.03. The molecule has 0 amide bonds. The molecule has 1 fully saturated rings. The molecule has 2 aromatic carbocycles. The van der Waals surface area contributed by atoms with Crippen LogP contribution in [0.3, 0.4) is 0 Å². The summed E-state index contributed by atoms with van der Waals surface area (Å²) in [6.07, 6.45) is 2.09. The van der Waals surface area contributed by atoms with Crippen molar-refractivity contribution in [3.05, 3.63) is 63.0 Å². The van der Waals surface area contributed by atoms with E-state index in [4.69, 9.17) is 4.74 Å². The van der Waals surface area contributed by atoms with Crippen molar-refractivity contribution in [1.82, 2.24) is 9.55 Å². The van der Waals surface area contributed by atoms with Gasteiger partial charge in [-0.2, -0.15) is 4.98 Å². The second-order valence-electron chi connectivity index (χ2n) is 6.97. The first-order valence-electron chi connectivity index (χ1n) is 9.12. The summed E-state index contributed by atoms with van der Waals surface area (Å²) in [6, 6.07) is 14.4. The van der Waals surface area contributed by atoms with Crippen LogP contribution in [0.1, 0.15) is 24.3 Å². The minimum absolute atomic E-state index is 0.215. The molecule has 3 aromatic rings. The number of rotatable bonds is 3. The first kappa shape index (κ1) is 18.0. The maximum atomic E-state index is 12.4. The molecule has 0 unspecified atom stereocenters. The largest absolute Gasteiger partial charge is 0.497 e. The Bertz CT molecular complexity index is 1020. The molecule has 0 saturated carbocycles. The number of halogens is 1. The van der Waals surface area contributed by atoms with Crippen molar-refractivity contribution in [1.29, 1.82) is 0 Å². The van der Waals surface area contributed by atoms with Gasteiger partial charge in [0.1, 0.15) is 11.6 Å². The average molecular weight is 428 g/mol. The van der Waals surface area contributed by atoms with Crippen LogP contribution in [0.25, 0.3) is 10.9 Å². The van der Waals surface area contributed by atoms with Crippen LogP contribution >= 0.6 is 15.9 Å². The predicted molar refractivity (Wildman–Crippen MR) is 112 cm³/mol. The van der Waals surface area contributed by atoms with E-state index in [2.05, 4.69) is 37.9 Å². The topological polar surface area (TPSA) is 47.4 Å². The fraction of sp³-hybridized carbons (Fsp3) is 0.333. The number of methoxy groups -OCH3 is 1. The second kappa shape index (κ2) is 7.35. The highest BCUT2D eigenvalue weighted by molar-refractivity contribution is 9.10. The molecule has 1 aromatic heterocycles. The van der Waals surface area contributed by atoms with Gasteiger partial charge < -0.3 is 9.64 Å². The smallest absolute Gasteiger partial charge is 0.349 e. The lowest BCUT2D eigenvalue weighted by Crippen LogP contribution is -2.35. The summed E-state index contributed by atoms with van der Waals surface area (Å²) in [5.74, 6) is 2.21. The van der Waals surface area contributed by atoms with Gasteiger partial charge >= 0.3 is 5.69 Å². The number of nitrogens with zero attached hydrogens (tertiary/aromatic N) is 3. The Morgan fingerprint density at radius 1 is 1.11 bits per heavy atom. The van der Waals surface area contributed by atoms with E-state index in [1.165, 1.54) is 5.56 Å². The van der Waals surface area contributed by atoms with Crippen molar-refractivity contribution in [2.24, 2.45) is 7.05 Å². The molecule has 0 spiro atoms. The predicted octanol–water partition coefficient (Wildman–Crippen LogP) is 4.09. The molecule has 1 saturated heterocycles. The zero-order valence-corrected chi connectivity index (χ0v) is 17.1. The fourth-order valence-corrected chi connectivity index (χ4v) is 4.19. The number of hydrogen-bond donors (Lipinski definition) is 0. The van der Waals surface area contributed by atoms with Crippen LogP contribution in [0, 0.1) is 0 Å². The quantitative estimate of drug-likeness (QED) is 0.631. The van der Waals surface area contributed by atoms with E-state index in [0.29, 0.717) is 5.92 Å². The van der Waals surface area contributed by atoms with E-state index in [9.17, 15) is 4.79 Å². The lowest BCUT2D eigenvalue weighted by atomic mass is 9.89. The fourth-order valence-electron chi connectivity index (χ4n) is 3.84. The zero-order chi connectivity index (χ0) is 19.0. The van der Waals surface area contributed by atoms with Crippen molar-refractivity contribution < 1.29 is 4.74 Å². The lowest BCUT2D eigenvalue weighted by Gasteiger charge is -2.33. The van der Waals surface area contributed by atoms with E-state index in [0.717, 1.165) is 52.9 Å². The summed E-state index contributed by atoms with van der Waals surface area (Å²) in [7, 11) is 3.46. The molecule has 2 heterocycles. The van der Waals surface area contributed by atoms with Crippen molar-refractivity contribution in [3.8, 4) is 5.75 Å². The normalized spacial score (nSPS) is 15.3. The molecule has 4 rings (SSSR count). The first-order valence-corrected chi connectivity index (χ1v) is 9.91. The second-order valence-corrected chi connectivity index (χ2v) is 7.89. The minimum Gasteiger partial charge on any atom is -0.497 e. The van der Waals surface area contributed by atoms with Crippen molar-refractivity contribution in [2.45, 2.75) is 18.8 Å². The third-order valence-electron chi connectivity index (χ3n) is 5.43. The van der Waals surface area contributed by atoms with Gasteiger partial charge in [-0.3, -0.25) is 4.57 Å². The number of anilines is 1. The van der Waals surface area contributed by atoms with E-state index in [1.807, 2.05) is 30.3 Å². The molecule has 1 aliphatic rings. The molecule has 0 aliphatic carbocycles. The maximum Gasteiger partial charge on any atom is 0.349 e. The van der Waals surface area contributed by atoms with Crippen molar-refractivity contribution >= 4 is 32.7 Å². The lowest BCUT2D eigenvalue weighted by molar-refractivity contribution is 0.414. The van der Waals surface area contributed by atoms with Gasteiger partial charge in [-0.15, -0.1) is 0 Å². The Hall–Kier alpha value is -2.34. The minimum atomic E-state index is -0.215. The third-order valence-corrected chi connectivity index (χ3v) is 5.93. The van der Waals surface area contributed by atoms with Gasteiger partial charge in [-0.1, -0.05) is 28.1 Å². The third kappa shape index (κ3) is 3.46. The Morgan fingerprint density at radius 2 is 1.81 bits per heavy atom. The van der Waals surface area contributed by atoms with Crippen LogP contribution in [-0.2, 0) is 7.05 Å². The van der Waals surface area contributed by atoms with Crippen molar-refractivity contribution in [2.75, 3.05) is 25.1 Å². The molecular weight excluding hydrogens is 406 g/mol. The van der Waals surface area contributed by atoms with E-state index >= 15 is 0 Å². The first-order chi connectivity index (χ1) is 13.1. The van der Waals surface area contributed by atoms with Gasteiger partial charge in [-0.25, -0.2) is 4.79 Å². The highest BCUT2D eigenvalue weighted by atomic mass is 79.9. The number of ether oxygens (including phenoxy) is 1. The van der Waals surface area contributed by atoms with E-state index in [1.54, 1.807) is 18.7 Å². The highest BCUT2D eigenvalue weighted by Gasteiger charge is 2.23. The van der Waals surface area contributed by atoms with Crippen LogP contribution in [0.15, 0.2) is 51.7 Å². The van der Waals surface area contributed by atoms with E-state index in [-0.39, 0.29) is 5.69 Å². The summed E-state index contributed by atoms with van der Waals surface area (Å²) in [4.78, 5) is 19.0. The molecule has 140 valence electrons. The average Bonchev–Trinajstić information content (AvgIpc) is 2.71. The molecular formula is C21H22BrN3O2. The molecule has 5 nitrogen and oxygen atoms in total. The number of benzene rings is 2. The molecule has 0 bridgehead atoms. The van der Waals surface area contributed by atoms with Crippen LogP contribution < -0.4 is 15.3 Å². The van der Waals surface area contributed by atoms with Gasteiger partial charge in [0.05, 0.1) is 12.6 Å². The summed E-state index contributed by atoms with van der Waals surface area (Å²) < 4.78 is 7.81. The summed E-state index contributed by atoms with van der Waals surface area (Å²) in [6.45, 7) is 1.78. The number of piperidine rings is 1. The highest BCUT2D eigenvalue weighted by Crippen LogP contribution is 2.33. The molecule has 0 radical (unpaired) electrons. The molecule has 6 heteroatoms. The van der Waals surface area contributed by atoms with Gasteiger partial charge in [0.15, 0.2) is 0 Å². The summed E-state index contributed by atoms with van der Waals surface area (Å²) in [5, 5.41) is 1.02. The van der Waals surface area contributed by atoms with Gasteiger partial charge in [0, 0.05) is 30.0 Å². The SMILES string of the molecule is COc1ccc(C2CCN(c3nc(=O)n(C)c4cc(Br)ccc34)CC2)cc1. The standard InChI is InChI=1S/C21H22BrN3O2/c1-24-19-13-16(22)5-8-18(19)20(23-21(24)26)25-11-9-15(10-12-25)14-3-6-17(27-2)7-4-14/h3-8,13,15H,9-12H2,1-2H3. The van der Waals surface area contributed by atoms with Crippen molar-refractivity contribution in [3.63, 3.8) is 0 Å². The number of aromatic nitrogens is 2. The Labute approximate surface area is 166 Å². The summed E-state index contributed by atoms with van der Waals surface area (Å²) >= 11 is 3.50. The Kier molecular flexibility index (Phi) is 4.91. The van der Waals surface area contributed by atoms with Crippen LogP contribution in [0.4, 0.5) is 5.82 Å².